The molecule has 4 aromatic heterocycles. The predicted molar refractivity (Wildman–Crippen MR) is 542 cm³/mol. The molecule has 6 bridgehead atoms. The summed E-state index contributed by atoms with van der Waals surface area (Å²) < 4.78 is 34.3. The van der Waals surface area contributed by atoms with Crippen LogP contribution in [0.3, 0.4) is 0 Å². The number of aryl methyl sites for hydroxylation is 2. The normalized spacial score (nSPS) is 21.2. The molecule has 10 aliphatic rings. The number of piperidine rings is 7. The zero-order valence-corrected chi connectivity index (χ0v) is 81.8. The number of nitro benzene ring substituents is 2. The van der Waals surface area contributed by atoms with Crippen LogP contribution in [0.25, 0.3) is 11.4 Å². The molecule has 0 saturated carbocycles. The van der Waals surface area contributed by atoms with Crippen molar-refractivity contribution in [1.82, 2.24) is 92.5 Å². The quantitative estimate of drug-likeness (QED) is 0.0128. The van der Waals surface area contributed by atoms with Crippen molar-refractivity contribution < 1.29 is 51.5 Å². The van der Waals surface area contributed by atoms with Crippen molar-refractivity contribution in [1.29, 1.82) is 0 Å². The molecule has 0 aliphatic carbocycles. The minimum atomic E-state index is -0.430. The third-order valence-corrected chi connectivity index (χ3v) is 28.7. The van der Waals surface area contributed by atoms with Crippen LogP contribution in [0.4, 0.5) is 15.8 Å². The zero-order chi connectivity index (χ0) is 99.6. The summed E-state index contributed by atoms with van der Waals surface area (Å²) in [6.45, 7) is 16.9. The molecule has 10 saturated heterocycles. The third kappa shape index (κ3) is 31.2. The van der Waals surface area contributed by atoms with Crippen molar-refractivity contribution in [3.8, 4) is 11.4 Å². The van der Waals surface area contributed by atoms with Crippen molar-refractivity contribution in [2.24, 2.45) is 5.73 Å². The van der Waals surface area contributed by atoms with E-state index in [0.717, 1.165) is 206 Å². The summed E-state index contributed by atoms with van der Waals surface area (Å²) in [6.07, 6.45) is 29.8. The first-order valence-electron chi connectivity index (χ1n) is 51.0. The summed E-state index contributed by atoms with van der Waals surface area (Å²) >= 11 is 0. The van der Waals surface area contributed by atoms with Gasteiger partial charge in [-0.1, -0.05) is 160 Å². The lowest BCUT2D eigenvalue weighted by Gasteiger charge is -2.37. The Labute approximate surface area is 834 Å². The van der Waals surface area contributed by atoms with E-state index in [1.807, 2.05) is 119 Å². The fraction of sp³-hybridized carbons (Fsp3) is 0.468. The van der Waals surface area contributed by atoms with Gasteiger partial charge in [-0.05, 0) is 258 Å². The molecular weight excluding hydrogens is 1810 g/mol. The average Bonchev–Trinajstić information content (AvgIpc) is 1.74. The van der Waals surface area contributed by atoms with E-state index < -0.39 is 15.8 Å². The number of fused-ring (bicyclic) bond motifs is 6. The smallest absolute Gasteiger partial charge is 0.269 e. The Morgan fingerprint density at radius 2 is 0.713 bits per heavy atom. The maximum atomic E-state index is 12.8. The van der Waals surface area contributed by atoms with Crippen LogP contribution in [0.1, 0.15) is 254 Å². The lowest BCUT2D eigenvalue weighted by molar-refractivity contribution is -0.385. The number of primary amides is 1. The first-order chi connectivity index (χ1) is 69.7. The number of non-ortho nitro benzene ring substituents is 2. The summed E-state index contributed by atoms with van der Waals surface area (Å²) in [4.78, 5) is 93.4. The molecule has 34 heteroatoms. The fourth-order valence-corrected chi connectivity index (χ4v) is 20.8. The molecule has 0 spiro atoms. The first-order valence-corrected chi connectivity index (χ1v) is 51.0. The first kappa shape index (κ1) is 104. The molecule has 10 aliphatic heterocycles. The van der Waals surface area contributed by atoms with Crippen LogP contribution in [0.2, 0.25) is 0 Å². The van der Waals surface area contributed by atoms with E-state index in [-0.39, 0.29) is 34.9 Å². The zero-order valence-electron chi connectivity index (χ0n) is 81.8. The van der Waals surface area contributed by atoms with Gasteiger partial charge in [0, 0.05) is 171 Å². The van der Waals surface area contributed by atoms with E-state index in [1.165, 1.54) is 80.5 Å². The highest BCUT2D eigenvalue weighted by Gasteiger charge is 2.41. The number of amides is 4. The van der Waals surface area contributed by atoms with Gasteiger partial charge in [0.1, 0.15) is 5.82 Å². The van der Waals surface area contributed by atoms with Crippen LogP contribution in [-0.4, -0.2) is 216 Å². The summed E-state index contributed by atoms with van der Waals surface area (Å²) in [7, 11) is 1.95. The highest BCUT2D eigenvalue weighted by atomic mass is 19.1. The molecule has 3 unspecified atom stereocenters. The Morgan fingerprint density at radius 1 is 0.399 bits per heavy atom. The molecule has 33 nitrogen and oxygen atoms in total. The number of carbonyl (C=O) groups is 4. The van der Waals surface area contributed by atoms with E-state index in [4.69, 9.17) is 23.8 Å². The molecule has 9 N–H and O–H groups in total. The minimum Gasteiger partial charge on any atom is -0.366 e. The highest BCUT2D eigenvalue weighted by molar-refractivity contribution is 5.94. The number of benzene rings is 7. The van der Waals surface area contributed by atoms with E-state index in [9.17, 15) is 43.8 Å². The maximum absolute atomic E-state index is 12.8. The number of halogens is 1. The van der Waals surface area contributed by atoms with Crippen LogP contribution in [-0.2, 0) is 41.7 Å². The maximum Gasteiger partial charge on any atom is 0.269 e. The number of rotatable bonds is 28. The molecular formula is C109H136FN21O12. The van der Waals surface area contributed by atoms with E-state index in [1.54, 1.807) is 54.6 Å². The molecule has 10 fully saturated rings. The van der Waals surface area contributed by atoms with E-state index in [2.05, 4.69) is 103 Å². The van der Waals surface area contributed by atoms with Crippen LogP contribution in [0, 0.1) is 26.0 Å². The average molecular weight is 1950 g/mol. The van der Waals surface area contributed by atoms with Gasteiger partial charge in [0.2, 0.25) is 47.1 Å². The number of nitro groups is 2. The lowest BCUT2D eigenvalue weighted by Crippen LogP contribution is -2.50. The van der Waals surface area contributed by atoms with Crippen LogP contribution < -0.4 is 43.0 Å². The van der Waals surface area contributed by atoms with E-state index in [0.29, 0.717) is 159 Å². The number of hydrogen-bond donors (Lipinski definition) is 8. The van der Waals surface area contributed by atoms with Crippen molar-refractivity contribution in [3.63, 3.8) is 0 Å². The monoisotopic (exact) mass is 1950 g/mol. The van der Waals surface area contributed by atoms with Crippen LogP contribution in [0.15, 0.2) is 231 Å². The Hall–Kier alpha value is -13.1. The Morgan fingerprint density at radius 3 is 1.07 bits per heavy atom. The second kappa shape index (κ2) is 53.3. The van der Waals surface area contributed by atoms with Gasteiger partial charge < -0.3 is 75.7 Å². The summed E-state index contributed by atoms with van der Waals surface area (Å²) in [5, 5.41) is 61.6. The number of carbonyl (C=O) groups excluding carboxylic acids is 4. The second-order valence-corrected chi connectivity index (χ2v) is 38.9. The van der Waals surface area contributed by atoms with E-state index >= 15 is 0 Å². The number of aromatic nitrogens is 8. The standard InChI is InChI=1S/C20H27N3O2.C19H25N3O3.C15H20N2O.C14H16FN3O.C14H16N4O3.C14H17N3O.C13H15N3O/c1-2-11-23(18-12-16-8-9-17(13-18)22-16)19(24)10-5-14-3-6-15(7-4-14)20(21)25;1-2-11-21(18-12-15-6-7-16(13-18)20-15)19(23)10-5-14-3-8-17(9-4-14)22(24)25;1-17(15(18)11-5-3-2-4-6-11)14-9-12-7-8-13(10-14)16-12;15-12-3-1-10(2-4-12)9-13-17-14(19-18-13)11-5-7-16-8-6-11;19-18(20)12-3-1-10(2-4-12)9-13-16-14(21-17-13)11-5-7-15-8-6-11;1-2-4-11(5-3-1)10-13-16-14(18-17-13)12-6-8-15-9-7-12;1-2-4-10(5-3-1)12-15-13(17-16-12)11-6-8-14-9-7-11/h2-4,6-7,16-18,22H,1,5,8-13H2,(H2,21,25);2-4,8-9,15-16,18,20H,1,5-7,10-13H2;2-6,12-14,16H,7-10H2,1H3;1-4,11,16H,5-9H2;1-4,11,15H,5-9H2;1-5,12,15H,6-10H2;1-5,11,14H,6-9H2/t16-,17+,18?;15-,16+,18?;12-,13+,14?;;;;. The topological polar surface area (TPSA) is 430 Å². The number of nitrogens with one attached hydrogen (secondary N) is 7. The number of nitrogens with two attached hydrogens (primary N) is 1. The Kier molecular flexibility index (Phi) is 38.9. The van der Waals surface area contributed by atoms with Gasteiger partial charge >= 0.3 is 0 Å². The highest BCUT2D eigenvalue weighted by Crippen LogP contribution is 2.36. The van der Waals surface area contributed by atoms with Crippen molar-refractivity contribution in [3.05, 3.63) is 319 Å². The van der Waals surface area contributed by atoms with Gasteiger partial charge in [-0.25, -0.2) is 4.39 Å². The molecule has 756 valence electrons. The molecule has 14 heterocycles. The van der Waals surface area contributed by atoms with Crippen LogP contribution >= 0.6 is 0 Å². The second-order valence-electron chi connectivity index (χ2n) is 38.9. The molecule has 11 aromatic rings. The largest absolute Gasteiger partial charge is 0.366 e. The molecule has 143 heavy (non-hydrogen) atoms. The van der Waals surface area contributed by atoms with Crippen LogP contribution in [0.5, 0.6) is 0 Å². The third-order valence-electron chi connectivity index (χ3n) is 28.7. The Bertz CT molecular complexity index is 5660. The van der Waals surface area contributed by atoms with Gasteiger partial charge in [-0.3, -0.25) is 39.4 Å². The molecule has 0 radical (unpaired) electrons. The predicted octanol–water partition coefficient (Wildman–Crippen LogP) is 15.5. The van der Waals surface area contributed by atoms with Gasteiger partial charge in [0.15, 0.2) is 17.5 Å². The van der Waals surface area contributed by atoms with Gasteiger partial charge in [0.25, 0.3) is 17.3 Å². The van der Waals surface area contributed by atoms with Crippen molar-refractivity contribution in [2.75, 3.05) is 72.5 Å². The molecule has 21 rings (SSSR count). The lowest BCUT2D eigenvalue weighted by atomic mass is 9.97. The number of hydrogen-bond acceptors (Lipinski definition) is 27. The van der Waals surface area contributed by atoms with Crippen molar-refractivity contribution in [2.45, 2.75) is 251 Å². The van der Waals surface area contributed by atoms with Crippen molar-refractivity contribution >= 4 is 35.0 Å². The van der Waals surface area contributed by atoms with Gasteiger partial charge in [-0.15, -0.1) is 13.2 Å². The van der Waals surface area contributed by atoms with Gasteiger partial charge in [0.05, 0.1) is 9.85 Å². The number of nitrogens with zero attached hydrogens (tertiary/aromatic N) is 13. The summed E-state index contributed by atoms with van der Waals surface area (Å²) in [6, 6.07) is 60.7. The Balaban J connectivity index is 0.000000126. The minimum absolute atomic E-state index is 0.0774. The molecule has 9 atom stereocenters. The SMILES string of the molecule is C=CCN(C(=O)CCc1ccc(C(N)=O)cc1)C1C[C@H]2CC[C@@H](C1)N2.C=CCN(C(=O)CCc1ccc([N+](=O)[O-])cc1)C1C[C@H]2CC[C@@H](C1)N2.CN(C(=O)c1ccccc1)C1C[C@H]2CC[C@@H](C1)N2.Fc1ccc(Cc2noc(C3CCNCC3)n2)cc1.O=[N+]([O-])c1ccc(Cc2noc(C3CCNCC3)n2)cc1.c1ccc(-c2noc(C3CCNCC3)n2)cc1.c1ccc(Cc2noc(C3CCNCC3)n2)cc1. The summed E-state index contributed by atoms with van der Waals surface area (Å²) in [5.74, 6) is 7.18. The summed E-state index contributed by atoms with van der Waals surface area (Å²) in [5.41, 5.74) is 12.8. The van der Waals surface area contributed by atoms with Gasteiger partial charge in [-0.2, -0.15) is 19.9 Å². The molecule has 4 amide bonds. The molecule has 7 aromatic carbocycles. The fourth-order valence-electron chi connectivity index (χ4n) is 20.8.